The lowest BCUT2D eigenvalue weighted by molar-refractivity contribution is -0.119. The van der Waals surface area contributed by atoms with E-state index in [4.69, 9.17) is 4.74 Å². The molecule has 0 amide bonds. The maximum Gasteiger partial charge on any atom is 0.140 e. The monoisotopic (exact) mass is 260 g/mol. The number of aryl methyl sites for hydroxylation is 1. The minimum Gasteiger partial charge on any atom is -0.382 e. The van der Waals surface area contributed by atoms with E-state index in [9.17, 15) is 4.79 Å². The third kappa shape index (κ3) is 3.20. The number of para-hydroxylation sites is 2. The van der Waals surface area contributed by atoms with Crippen molar-refractivity contribution in [1.29, 1.82) is 0 Å². The highest BCUT2D eigenvalue weighted by atomic mass is 16.5. The molecular weight excluding hydrogens is 240 g/mol. The third-order valence-electron chi connectivity index (χ3n) is 3.47. The summed E-state index contributed by atoms with van der Waals surface area (Å²) in [7, 11) is 3.62. The molecule has 1 atom stereocenters. The van der Waals surface area contributed by atoms with E-state index in [0.717, 1.165) is 23.3 Å². The van der Waals surface area contributed by atoms with Gasteiger partial charge in [-0.05, 0) is 25.5 Å². The van der Waals surface area contributed by atoms with E-state index in [1.54, 1.807) is 7.11 Å². The number of fused-ring (bicyclic) bond motifs is 1. The molecule has 19 heavy (non-hydrogen) atoms. The van der Waals surface area contributed by atoms with E-state index < -0.39 is 0 Å². The predicted octanol–water partition coefficient (Wildman–Crippen LogP) is 2.50. The van der Waals surface area contributed by atoms with Crippen LogP contribution in [-0.4, -0.2) is 28.5 Å². The Bertz CT molecular complexity index is 575. The second kappa shape index (κ2) is 5.97. The molecule has 1 heterocycles. The van der Waals surface area contributed by atoms with E-state index in [2.05, 4.69) is 4.98 Å². The Morgan fingerprint density at radius 2 is 2.16 bits per heavy atom. The van der Waals surface area contributed by atoms with Gasteiger partial charge in [-0.25, -0.2) is 4.98 Å². The molecule has 0 saturated carbocycles. The fourth-order valence-electron chi connectivity index (χ4n) is 2.10. The average Bonchev–Trinajstić information content (AvgIpc) is 2.73. The molecule has 0 radical (unpaired) electrons. The van der Waals surface area contributed by atoms with Gasteiger partial charge in [0.15, 0.2) is 0 Å². The summed E-state index contributed by atoms with van der Waals surface area (Å²) in [4.78, 5) is 16.5. The number of ketones is 1. The summed E-state index contributed by atoms with van der Waals surface area (Å²) < 4.78 is 7.14. The number of Topliss-reactive ketones (excluding diaryl/α,β-unsaturated/α-hetero) is 1. The number of carbonyl (C=O) groups is 1. The molecule has 1 aromatic heterocycles. The number of benzene rings is 1. The molecule has 1 unspecified atom stereocenters. The maximum atomic E-state index is 12.0. The van der Waals surface area contributed by atoms with Gasteiger partial charge < -0.3 is 9.30 Å². The minimum atomic E-state index is 0.129. The summed E-state index contributed by atoms with van der Waals surface area (Å²) in [6, 6.07) is 7.93. The van der Waals surface area contributed by atoms with E-state index in [-0.39, 0.29) is 11.9 Å². The number of aromatic nitrogens is 2. The lowest BCUT2D eigenvalue weighted by Gasteiger charge is -2.08. The van der Waals surface area contributed by atoms with Crippen molar-refractivity contribution in [2.24, 2.45) is 7.05 Å². The van der Waals surface area contributed by atoms with Crippen molar-refractivity contribution in [1.82, 2.24) is 9.55 Å². The number of hydrogen-bond donors (Lipinski definition) is 0. The van der Waals surface area contributed by atoms with Gasteiger partial charge in [-0.1, -0.05) is 12.1 Å². The zero-order valence-corrected chi connectivity index (χ0v) is 11.7. The zero-order valence-electron chi connectivity index (χ0n) is 11.7. The number of carbonyl (C=O) groups excluding carboxylic acids is 1. The molecule has 4 heteroatoms. The lowest BCUT2D eigenvalue weighted by Crippen LogP contribution is -2.12. The van der Waals surface area contributed by atoms with Crippen LogP contribution in [0.2, 0.25) is 0 Å². The smallest absolute Gasteiger partial charge is 0.140 e. The molecule has 0 N–H and O–H groups in total. The van der Waals surface area contributed by atoms with Gasteiger partial charge in [0.05, 0.1) is 23.6 Å². The van der Waals surface area contributed by atoms with Crippen LogP contribution in [-0.2, 0) is 23.0 Å². The first-order valence-corrected chi connectivity index (χ1v) is 6.56. The van der Waals surface area contributed by atoms with Crippen molar-refractivity contribution in [2.45, 2.75) is 32.3 Å². The second-order valence-corrected chi connectivity index (χ2v) is 4.88. The molecule has 0 bridgehead atoms. The van der Waals surface area contributed by atoms with E-state index >= 15 is 0 Å². The first-order valence-electron chi connectivity index (χ1n) is 6.56. The van der Waals surface area contributed by atoms with Crippen LogP contribution >= 0.6 is 0 Å². The van der Waals surface area contributed by atoms with Crippen molar-refractivity contribution in [2.75, 3.05) is 7.11 Å². The highest BCUT2D eigenvalue weighted by Gasteiger charge is 2.12. The van der Waals surface area contributed by atoms with Gasteiger partial charge >= 0.3 is 0 Å². The molecule has 0 aliphatic rings. The van der Waals surface area contributed by atoms with Crippen LogP contribution in [0.3, 0.4) is 0 Å². The average molecular weight is 260 g/mol. The van der Waals surface area contributed by atoms with Gasteiger partial charge in [0.1, 0.15) is 11.6 Å². The van der Waals surface area contributed by atoms with Crippen molar-refractivity contribution >= 4 is 16.8 Å². The van der Waals surface area contributed by atoms with Gasteiger partial charge in [0.2, 0.25) is 0 Å². The second-order valence-electron chi connectivity index (χ2n) is 4.88. The van der Waals surface area contributed by atoms with Crippen LogP contribution in [0, 0.1) is 0 Å². The summed E-state index contributed by atoms with van der Waals surface area (Å²) in [5, 5.41) is 0. The Kier molecular flexibility index (Phi) is 4.32. The Hall–Kier alpha value is -1.68. The standard InChI is InChI=1S/C15H20N2O2/c1-11(19-3)8-9-12(18)10-15-16-13-6-4-5-7-14(13)17(15)2/h4-7,11H,8-10H2,1-3H3. The van der Waals surface area contributed by atoms with Crippen molar-refractivity contribution in [3.8, 4) is 0 Å². The van der Waals surface area contributed by atoms with Crippen LogP contribution in [0.15, 0.2) is 24.3 Å². The number of methoxy groups -OCH3 is 1. The van der Waals surface area contributed by atoms with Gasteiger partial charge in [0, 0.05) is 20.6 Å². The highest BCUT2D eigenvalue weighted by Crippen LogP contribution is 2.15. The summed E-state index contributed by atoms with van der Waals surface area (Å²) in [6.07, 6.45) is 1.82. The molecule has 0 aliphatic carbocycles. The summed E-state index contributed by atoms with van der Waals surface area (Å²) in [5.41, 5.74) is 2.01. The van der Waals surface area contributed by atoms with E-state index in [0.29, 0.717) is 12.8 Å². The van der Waals surface area contributed by atoms with Gasteiger partial charge in [-0.15, -0.1) is 0 Å². The number of imidazole rings is 1. The van der Waals surface area contributed by atoms with Gasteiger partial charge in [-0.3, -0.25) is 4.79 Å². The molecule has 1 aromatic carbocycles. The predicted molar refractivity (Wildman–Crippen MR) is 75.1 cm³/mol. The van der Waals surface area contributed by atoms with E-state index in [1.165, 1.54) is 0 Å². The van der Waals surface area contributed by atoms with Gasteiger partial charge in [0.25, 0.3) is 0 Å². The van der Waals surface area contributed by atoms with Crippen LogP contribution in [0.4, 0.5) is 0 Å². The first-order chi connectivity index (χ1) is 9.11. The largest absolute Gasteiger partial charge is 0.382 e. The van der Waals surface area contributed by atoms with Gasteiger partial charge in [-0.2, -0.15) is 0 Å². The van der Waals surface area contributed by atoms with Crippen LogP contribution < -0.4 is 0 Å². The number of nitrogens with zero attached hydrogens (tertiary/aromatic N) is 2. The Morgan fingerprint density at radius 1 is 1.42 bits per heavy atom. The normalized spacial score (nSPS) is 12.8. The zero-order chi connectivity index (χ0) is 13.8. The minimum absolute atomic E-state index is 0.129. The summed E-state index contributed by atoms with van der Waals surface area (Å²) in [6.45, 7) is 1.97. The third-order valence-corrected chi connectivity index (χ3v) is 3.47. The molecule has 0 saturated heterocycles. The summed E-state index contributed by atoms with van der Waals surface area (Å²) >= 11 is 0. The molecule has 2 rings (SSSR count). The van der Waals surface area contributed by atoms with Crippen molar-refractivity contribution in [3.05, 3.63) is 30.1 Å². The fourth-order valence-corrected chi connectivity index (χ4v) is 2.10. The van der Waals surface area contributed by atoms with Crippen LogP contribution in [0.5, 0.6) is 0 Å². The number of ether oxygens (including phenoxy) is 1. The van der Waals surface area contributed by atoms with Crippen LogP contribution in [0.1, 0.15) is 25.6 Å². The molecule has 102 valence electrons. The van der Waals surface area contributed by atoms with Crippen molar-refractivity contribution in [3.63, 3.8) is 0 Å². The SMILES string of the molecule is COC(C)CCC(=O)Cc1nc2ccccc2n1C. The molecule has 2 aromatic rings. The van der Waals surface area contributed by atoms with Crippen molar-refractivity contribution < 1.29 is 9.53 Å². The number of hydrogen-bond acceptors (Lipinski definition) is 3. The first kappa shape index (κ1) is 13.7. The molecule has 0 spiro atoms. The Labute approximate surface area is 113 Å². The molecular formula is C15H20N2O2. The molecule has 0 aliphatic heterocycles. The quantitative estimate of drug-likeness (QED) is 0.801. The maximum absolute atomic E-state index is 12.0. The number of rotatable bonds is 6. The molecule has 0 fully saturated rings. The Balaban J connectivity index is 2.05. The highest BCUT2D eigenvalue weighted by molar-refractivity contribution is 5.82. The summed E-state index contributed by atoms with van der Waals surface area (Å²) in [5.74, 6) is 1.04. The fraction of sp³-hybridized carbons (Fsp3) is 0.467. The topological polar surface area (TPSA) is 44.1 Å². The lowest BCUT2D eigenvalue weighted by atomic mass is 10.1. The van der Waals surface area contributed by atoms with Crippen LogP contribution in [0.25, 0.3) is 11.0 Å². The molecule has 4 nitrogen and oxygen atoms in total. The van der Waals surface area contributed by atoms with E-state index in [1.807, 2.05) is 42.8 Å². The Morgan fingerprint density at radius 3 is 2.84 bits per heavy atom.